The predicted octanol–water partition coefficient (Wildman–Crippen LogP) is 2.47. The van der Waals surface area contributed by atoms with Gasteiger partial charge in [0.2, 0.25) is 0 Å². The molecule has 1 aromatic rings. The molecule has 2 heteroatoms. The molecule has 0 spiro atoms. The second-order valence-corrected chi connectivity index (χ2v) is 4.40. The van der Waals surface area contributed by atoms with E-state index >= 15 is 0 Å². The number of benzene rings is 1. The lowest BCUT2D eigenvalue weighted by Crippen LogP contribution is -2.30. The first kappa shape index (κ1) is 8.72. The van der Waals surface area contributed by atoms with Gasteiger partial charge in [-0.1, -0.05) is 31.7 Å². The molecule has 0 N–H and O–H groups in total. The highest BCUT2D eigenvalue weighted by Gasteiger charge is 2.44. The quantitative estimate of drug-likeness (QED) is 0.588. The molecule has 2 heterocycles. The van der Waals surface area contributed by atoms with Gasteiger partial charge < -0.3 is 4.90 Å². The summed E-state index contributed by atoms with van der Waals surface area (Å²) in [6.07, 6.45) is 0.814. The van der Waals surface area contributed by atoms with Crippen LogP contribution in [-0.4, -0.2) is 11.9 Å². The van der Waals surface area contributed by atoms with E-state index in [9.17, 15) is 4.79 Å². The highest BCUT2D eigenvalue weighted by molar-refractivity contribution is 6.10. The first-order valence-corrected chi connectivity index (χ1v) is 5.30. The molecule has 0 aromatic heterocycles. The van der Waals surface area contributed by atoms with Gasteiger partial charge in [0.25, 0.3) is 5.91 Å². The van der Waals surface area contributed by atoms with Gasteiger partial charge in [0, 0.05) is 23.2 Å². The van der Waals surface area contributed by atoms with Crippen molar-refractivity contribution in [2.75, 3.05) is 4.90 Å². The number of anilines is 1. The van der Waals surface area contributed by atoms with Crippen molar-refractivity contribution in [3.8, 4) is 0 Å². The van der Waals surface area contributed by atoms with E-state index in [-0.39, 0.29) is 5.91 Å². The number of amides is 1. The zero-order chi connectivity index (χ0) is 10.6. The average Bonchev–Trinajstić information content (AvgIpc) is 2.68. The Hall–Kier alpha value is -1.57. The standard InChI is InChI=1S/C13H13NO/c1-8-7-12-9(2)10-5-3-4-6-11(10)14(12)13(8)15/h3-6,9,12H,1,7H2,2H3/t9-,12+/m0/s1. The van der Waals surface area contributed by atoms with Crippen molar-refractivity contribution in [3.05, 3.63) is 42.0 Å². The molecule has 0 radical (unpaired) electrons. The normalized spacial score (nSPS) is 28.2. The SMILES string of the molecule is C=C1C[C@@H]2[C@@H](C)c3ccccc3N2C1=O. The summed E-state index contributed by atoms with van der Waals surface area (Å²) >= 11 is 0. The summed E-state index contributed by atoms with van der Waals surface area (Å²) in [5.74, 6) is 0.543. The molecule has 0 saturated carbocycles. The minimum absolute atomic E-state index is 0.108. The van der Waals surface area contributed by atoms with Crippen LogP contribution in [0.3, 0.4) is 0 Å². The largest absolute Gasteiger partial charge is 0.304 e. The maximum atomic E-state index is 11.9. The Morgan fingerprint density at radius 1 is 1.40 bits per heavy atom. The Morgan fingerprint density at radius 3 is 2.93 bits per heavy atom. The molecule has 0 aliphatic carbocycles. The zero-order valence-electron chi connectivity index (χ0n) is 8.73. The number of carbonyl (C=O) groups is 1. The van der Waals surface area contributed by atoms with Gasteiger partial charge >= 0.3 is 0 Å². The summed E-state index contributed by atoms with van der Waals surface area (Å²) in [6, 6.07) is 8.48. The Labute approximate surface area is 89.2 Å². The van der Waals surface area contributed by atoms with Gasteiger partial charge in [-0.2, -0.15) is 0 Å². The third-order valence-corrected chi connectivity index (χ3v) is 3.57. The van der Waals surface area contributed by atoms with Crippen molar-refractivity contribution in [1.29, 1.82) is 0 Å². The topological polar surface area (TPSA) is 20.3 Å². The molecule has 2 nitrogen and oxygen atoms in total. The fourth-order valence-corrected chi connectivity index (χ4v) is 2.74. The van der Waals surface area contributed by atoms with Gasteiger partial charge in [0.1, 0.15) is 0 Å². The van der Waals surface area contributed by atoms with Crippen molar-refractivity contribution in [2.24, 2.45) is 0 Å². The summed E-state index contributed by atoms with van der Waals surface area (Å²) in [5.41, 5.74) is 3.13. The van der Waals surface area contributed by atoms with Crippen LogP contribution in [0.1, 0.15) is 24.8 Å². The van der Waals surface area contributed by atoms with E-state index in [0.717, 1.165) is 17.7 Å². The van der Waals surface area contributed by atoms with Crippen LogP contribution in [0.15, 0.2) is 36.4 Å². The summed E-state index contributed by atoms with van der Waals surface area (Å²) in [6.45, 7) is 6.02. The van der Waals surface area contributed by atoms with Crippen LogP contribution in [0.2, 0.25) is 0 Å². The van der Waals surface area contributed by atoms with E-state index in [1.807, 2.05) is 23.1 Å². The summed E-state index contributed by atoms with van der Waals surface area (Å²) in [4.78, 5) is 13.8. The zero-order valence-corrected chi connectivity index (χ0v) is 8.73. The molecule has 76 valence electrons. The lowest BCUT2D eigenvalue weighted by atomic mass is 9.94. The Bertz CT molecular complexity index is 463. The number of fused-ring (bicyclic) bond motifs is 3. The summed E-state index contributed by atoms with van der Waals surface area (Å²) < 4.78 is 0. The predicted molar refractivity (Wildman–Crippen MR) is 59.9 cm³/mol. The number of para-hydroxylation sites is 1. The molecule has 0 unspecified atom stereocenters. The van der Waals surface area contributed by atoms with Crippen LogP contribution < -0.4 is 4.90 Å². The first-order valence-electron chi connectivity index (χ1n) is 5.30. The highest BCUT2D eigenvalue weighted by Crippen LogP contribution is 2.46. The smallest absolute Gasteiger partial charge is 0.253 e. The lowest BCUT2D eigenvalue weighted by molar-refractivity contribution is -0.114. The van der Waals surface area contributed by atoms with E-state index < -0.39 is 0 Å². The van der Waals surface area contributed by atoms with Crippen LogP contribution in [0.25, 0.3) is 0 Å². The molecule has 2 atom stereocenters. The Kier molecular flexibility index (Phi) is 1.58. The second-order valence-electron chi connectivity index (χ2n) is 4.40. The van der Waals surface area contributed by atoms with Crippen molar-refractivity contribution in [3.63, 3.8) is 0 Å². The van der Waals surface area contributed by atoms with Crippen molar-refractivity contribution < 1.29 is 4.79 Å². The molecule has 2 aliphatic rings. The molecule has 2 aliphatic heterocycles. The maximum Gasteiger partial charge on any atom is 0.253 e. The summed E-state index contributed by atoms with van der Waals surface area (Å²) in [5, 5.41) is 0. The molecule has 15 heavy (non-hydrogen) atoms. The minimum atomic E-state index is 0.108. The lowest BCUT2D eigenvalue weighted by Gasteiger charge is -2.17. The molecule has 1 aromatic carbocycles. The highest BCUT2D eigenvalue weighted by atomic mass is 16.2. The maximum absolute atomic E-state index is 11.9. The monoisotopic (exact) mass is 199 g/mol. The number of carbonyl (C=O) groups excluding carboxylic acids is 1. The fourth-order valence-electron chi connectivity index (χ4n) is 2.74. The molecule has 1 amide bonds. The number of hydrogen-bond acceptors (Lipinski definition) is 1. The van der Waals surface area contributed by atoms with Gasteiger partial charge in [-0.15, -0.1) is 0 Å². The molecule has 3 rings (SSSR count). The van der Waals surface area contributed by atoms with Crippen LogP contribution in [-0.2, 0) is 4.79 Å². The van der Waals surface area contributed by atoms with Crippen LogP contribution in [0, 0.1) is 0 Å². The number of nitrogens with zero attached hydrogens (tertiary/aromatic N) is 1. The first-order chi connectivity index (χ1) is 7.20. The van der Waals surface area contributed by atoms with Gasteiger partial charge in [-0.25, -0.2) is 0 Å². The van der Waals surface area contributed by atoms with Gasteiger partial charge in [-0.05, 0) is 18.1 Å². The van der Waals surface area contributed by atoms with Crippen molar-refractivity contribution >= 4 is 11.6 Å². The number of hydrogen-bond donors (Lipinski definition) is 0. The average molecular weight is 199 g/mol. The van der Waals surface area contributed by atoms with Crippen LogP contribution in [0.5, 0.6) is 0 Å². The van der Waals surface area contributed by atoms with Crippen molar-refractivity contribution in [2.45, 2.75) is 25.3 Å². The molecule has 1 saturated heterocycles. The van der Waals surface area contributed by atoms with Gasteiger partial charge in [0.15, 0.2) is 0 Å². The Balaban J connectivity index is 2.18. The fraction of sp³-hybridized carbons (Fsp3) is 0.308. The second kappa shape index (κ2) is 2.72. The molecular formula is C13H13NO. The third-order valence-electron chi connectivity index (χ3n) is 3.57. The minimum Gasteiger partial charge on any atom is -0.304 e. The van der Waals surface area contributed by atoms with E-state index in [1.54, 1.807) is 0 Å². The Morgan fingerprint density at radius 2 is 2.13 bits per heavy atom. The van der Waals surface area contributed by atoms with Gasteiger partial charge in [0.05, 0.1) is 0 Å². The van der Waals surface area contributed by atoms with E-state index in [0.29, 0.717) is 12.0 Å². The molecular weight excluding hydrogens is 186 g/mol. The van der Waals surface area contributed by atoms with Crippen LogP contribution >= 0.6 is 0 Å². The third kappa shape index (κ3) is 0.965. The van der Waals surface area contributed by atoms with Crippen molar-refractivity contribution in [1.82, 2.24) is 0 Å². The van der Waals surface area contributed by atoms with E-state index in [4.69, 9.17) is 0 Å². The van der Waals surface area contributed by atoms with Gasteiger partial charge in [-0.3, -0.25) is 4.79 Å². The number of rotatable bonds is 0. The van der Waals surface area contributed by atoms with E-state index in [1.165, 1.54) is 5.56 Å². The van der Waals surface area contributed by atoms with Crippen LogP contribution in [0.4, 0.5) is 5.69 Å². The summed E-state index contributed by atoms with van der Waals surface area (Å²) in [7, 11) is 0. The molecule has 0 bridgehead atoms. The van der Waals surface area contributed by atoms with E-state index in [2.05, 4.69) is 19.6 Å². The molecule has 1 fully saturated rings.